The van der Waals surface area contributed by atoms with Crippen LogP contribution in [0.25, 0.3) is 0 Å². The molecule has 9 heteroatoms. The van der Waals surface area contributed by atoms with Crippen molar-refractivity contribution in [3.05, 3.63) is 85.5 Å². The first-order valence-electron chi connectivity index (χ1n) is 17.0. The maximum atomic E-state index is 14.9. The maximum absolute atomic E-state index is 14.9. The van der Waals surface area contributed by atoms with Crippen molar-refractivity contribution >= 4 is 35.2 Å². The summed E-state index contributed by atoms with van der Waals surface area (Å²) in [5.41, 5.74) is 1.68. The van der Waals surface area contributed by atoms with Gasteiger partial charge in [-0.3, -0.25) is 14.4 Å². The van der Waals surface area contributed by atoms with E-state index in [0.29, 0.717) is 44.8 Å². The van der Waals surface area contributed by atoms with Crippen LogP contribution in [0.2, 0.25) is 0 Å². The predicted molar refractivity (Wildman–Crippen MR) is 188 cm³/mol. The summed E-state index contributed by atoms with van der Waals surface area (Å²) < 4.78 is 4.86. The molecule has 3 heterocycles. The summed E-state index contributed by atoms with van der Waals surface area (Å²) in [6, 6.07) is 15.8. The first-order chi connectivity index (χ1) is 22.8. The molecule has 8 nitrogen and oxygen atoms in total. The van der Waals surface area contributed by atoms with E-state index < -0.39 is 28.7 Å². The van der Waals surface area contributed by atoms with Crippen molar-refractivity contribution < 1.29 is 24.2 Å². The van der Waals surface area contributed by atoms with E-state index in [1.807, 2.05) is 66.4 Å². The summed E-state index contributed by atoms with van der Waals surface area (Å²) in [6.07, 6.45) is 8.14. The highest BCUT2D eigenvalue weighted by Gasteiger charge is 2.74. The van der Waals surface area contributed by atoms with Crippen LogP contribution in [0, 0.1) is 11.8 Å². The fourth-order valence-electron chi connectivity index (χ4n) is 7.88. The summed E-state index contributed by atoms with van der Waals surface area (Å²) in [5.74, 6) is -1.00. The number of hydrogen-bond donors (Lipinski definition) is 1. The molecule has 3 aliphatic heterocycles. The highest BCUT2D eigenvalue weighted by atomic mass is 32.2. The largest absolute Gasteiger partial charge is 0.494 e. The fraction of sp³-hybridized carbons (Fsp3) is 0.500. The van der Waals surface area contributed by atoms with Crippen LogP contribution < -0.4 is 9.64 Å². The predicted octanol–water partition coefficient (Wildman–Crippen LogP) is 5.50. The molecule has 1 spiro atoms. The lowest BCUT2D eigenvalue weighted by Gasteiger charge is -2.40. The van der Waals surface area contributed by atoms with Crippen molar-refractivity contribution in [2.24, 2.45) is 11.8 Å². The van der Waals surface area contributed by atoms with Crippen molar-refractivity contribution in [2.75, 3.05) is 37.7 Å². The van der Waals surface area contributed by atoms with E-state index in [0.717, 1.165) is 37.0 Å². The Balaban J connectivity index is 1.54. The van der Waals surface area contributed by atoms with Gasteiger partial charge in [0, 0.05) is 30.6 Å². The minimum Gasteiger partial charge on any atom is -0.494 e. The van der Waals surface area contributed by atoms with E-state index in [2.05, 4.69) is 20.1 Å². The molecule has 2 aromatic rings. The topological polar surface area (TPSA) is 90.4 Å². The number of carbonyl (C=O) groups is 3. The molecule has 3 aliphatic rings. The molecule has 3 saturated heterocycles. The summed E-state index contributed by atoms with van der Waals surface area (Å²) in [5, 5.41) is 10.7. The van der Waals surface area contributed by atoms with Crippen LogP contribution in [-0.4, -0.2) is 87.6 Å². The van der Waals surface area contributed by atoms with Crippen LogP contribution in [0.5, 0.6) is 5.75 Å². The molecule has 5 rings (SSSR count). The number of likely N-dealkylation sites (tertiary alicyclic amines) is 1. The highest BCUT2D eigenvalue weighted by molar-refractivity contribution is 8.02. The number of aliphatic hydroxyl groups is 1. The van der Waals surface area contributed by atoms with Crippen molar-refractivity contribution in [3.8, 4) is 5.75 Å². The molecule has 252 valence electrons. The second-order valence-electron chi connectivity index (χ2n) is 12.8. The molecule has 0 radical (unpaired) electrons. The number of unbranched alkanes of at least 4 members (excludes halogenated alkanes) is 2. The van der Waals surface area contributed by atoms with Gasteiger partial charge in [0.2, 0.25) is 17.7 Å². The Morgan fingerprint density at radius 1 is 1.06 bits per heavy atom. The van der Waals surface area contributed by atoms with Crippen molar-refractivity contribution in [2.45, 2.75) is 74.5 Å². The lowest BCUT2D eigenvalue weighted by atomic mass is 9.70. The molecule has 6 atom stereocenters. The van der Waals surface area contributed by atoms with Crippen molar-refractivity contribution in [1.82, 2.24) is 9.80 Å². The highest BCUT2D eigenvalue weighted by Crippen LogP contribution is 2.67. The zero-order valence-corrected chi connectivity index (χ0v) is 28.6. The van der Waals surface area contributed by atoms with Crippen LogP contribution in [0.4, 0.5) is 5.69 Å². The second-order valence-corrected chi connectivity index (χ2v) is 14.4. The SMILES string of the molecule is C=CCN(CCCCC)C(=O)C1N([C@@H](CO)Cc2ccccc2)C(=O)[C@@H]2[C@@H](C(=O)N(CC=C)c3ccc(OCC)cc3)[C@H]3CCC12S3. The molecule has 3 amide bonds. The van der Waals surface area contributed by atoms with Gasteiger partial charge in [-0.25, -0.2) is 0 Å². The number of rotatable bonds is 17. The average molecular weight is 660 g/mol. The van der Waals surface area contributed by atoms with Gasteiger partial charge < -0.3 is 24.5 Å². The Bertz CT molecular complexity index is 1420. The number of fused-ring (bicyclic) bond motifs is 1. The summed E-state index contributed by atoms with van der Waals surface area (Å²) in [7, 11) is 0. The molecule has 0 saturated carbocycles. The summed E-state index contributed by atoms with van der Waals surface area (Å²) in [6.45, 7) is 13.4. The minimum atomic E-state index is -0.784. The quantitative estimate of drug-likeness (QED) is 0.178. The molecule has 0 aromatic heterocycles. The van der Waals surface area contributed by atoms with Gasteiger partial charge in [0.15, 0.2) is 0 Å². The first kappa shape index (κ1) is 34.8. The molecule has 47 heavy (non-hydrogen) atoms. The minimum absolute atomic E-state index is 0.0847. The van der Waals surface area contributed by atoms with E-state index in [1.54, 1.807) is 33.7 Å². The smallest absolute Gasteiger partial charge is 0.247 e. The number of ether oxygens (including phenoxy) is 1. The van der Waals surface area contributed by atoms with Crippen LogP contribution in [-0.2, 0) is 20.8 Å². The number of thioether (sulfide) groups is 1. The molecule has 2 unspecified atom stereocenters. The second kappa shape index (κ2) is 15.6. The zero-order chi connectivity index (χ0) is 33.6. The monoisotopic (exact) mass is 659 g/mol. The summed E-state index contributed by atoms with van der Waals surface area (Å²) in [4.78, 5) is 49.5. The number of nitrogens with zero attached hydrogens (tertiary/aromatic N) is 3. The number of amides is 3. The molecule has 0 aliphatic carbocycles. The number of aliphatic hydroxyl groups excluding tert-OH is 1. The molecule has 1 N–H and O–H groups in total. The molecule has 3 fully saturated rings. The zero-order valence-electron chi connectivity index (χ0n) is 27.8. The third-order valence-corrected chi connectivity index (χ3v) is 11.9. The van der Waals surface area contributed by atoms with Crippen LogP contribution in [0.3, 0.4) is 0 Å². The number of anilines is 1. The number of hydrogen-bond acceptors (Lipinski definition) is 6. The first-order valence-corrected chi connectivity index (χ1v) is 17.9. The lowest BCUT2D eigenvalue weighted by Crippen LogP contribution is -2.58. The van der Waals surface area contributed by atoms with Gasteiger partial charge in [-0.05, 0) is 62.4 Å². The molecule has 2 aromatic carbocycles. The van der Waals surface area contributed by atoms with E-state index in [4.69, 9.17) is 4.74 Å². The van der Waals surface area contributed by atoms with E-state index in [9.17, 15) is 19.5 Å². The van der Waals surface area contributed by atoms with E-state index >= 15 is 0 Å². The van der Waals surface area contributed by atoms with Gasteiger partial charge in [0.1, 0.15) is 11.8 Å². The Kier molecular flexibility index (Phi) is 11.5. The lowest BCUT2D eigenvalue weighted by molar-refractivity contribution is -0.145. The van der Waals surface area contributed by atoms with Gasteiger partial charge >= 0.3 is 0 Å². The normalized spacial score (nSPS) is 24.9. The van der Waals surface area contributed by atoms with Crippen molar-refractivity contribution in [3.63, 3.8) is 0 Å². The molecular weight excluding hydrogens is 611 g/mol. The summed E-state index contributed by atoms with van der Waals surface area (Å²) >= 11 is 1.66. The van der Waals surface area contributed by atoms with Crippen LogP contribution >= 0.6 is 11.8 Å². The van der Waals surface area contributed by atoms with Crippen molar-refractivity contribution in [1.29, 1.82) is 0 Å². The molecule has 2 bridgehead atoms. The maximum Gasteiger partial charge on any atom is 0.247 e. The average Bonchev–Trinajstić information content (AvgIpc) is 3.73. The van der Waals surface area contributed by atoms with Crippen LogP contribution in [0.1, 0.15) is 51.5 Å². The Hall–Kier alpha value is -3.56. The van der Waals surface area contributed by atoms with Gasteiger partial charge in [-0.2, -0.15) is 0 Å². The van der Waals surface area contributed by atoms with Gasteiger partial charge in [0.25, 0.3) is 0 Å². The van der Waals surface area contributed by atoms with E-state index in [1.165, 1.54) is 0 Å². The molecular formula is C38H49N3O5S. The van der Waals surface area contributed by atoms with E-state index in [-0.39, 0.29) is 29.6 Å². The third-order valence-electron chi connectivity index (χ3n) is 9.91. The Morgan fingerprint density at radius 2 is 1.79 bits per heavy atom. The van der Waals surface area contributed by atoms with Gasteiger partial charge in [0.05, 0.1) is 35.8 Å². The Labute approximate surface area is 283 Å². The Morgan fingerprint density at radius 3 is 2.43 bits per heavy atom. The number of benzene rings is 2. The van der Waals surface area contributed by atoms with Crippen LogP contribution in [0.15, 0.2) is 79.9 Å². The standard InChI is InChI=1S/C38H49N3O5S/c1-5-9-13-24-39(22-6-2)37(45)34-38-21-20-31(47-38)32(35(43)40(23-7-3)28-16-18-30(19-17-28)46-8-4)33(38)36(44)41(34)29(26-42)25-27-14-11-10-12-15-27/h6-7,10-12,14-19,29,31-34,42H,2-3,5,8-9,13,20-26H2,1,4H3/t29-,31-,32+,33+,34?,38?/m1/s1. The van der Waals surface area contributed by atoms with Gasteiger partial charge in [-0.1, -0.05) is 62.2 Å². The van der Waals surface area contributed by atoms with Gasteiger partial charge in [-0.15, -0.1) is 24.9 Å². The fourth-order valence-corrected chi connectivity index (χ4v) is 10.1. The number of carbonyl (C=O) groups excluding carboxylic acids is 3. The third kappa shape index (κ3) is 6.74.